The lowest BCUT2D eigenvalue weighted by molar-refractivity contribution is -0.117. The number of amides is 2. The average molecular weight is 537 g/mol. The Labute approximate surface area is 204 Å². The Morgan fingerprint density at radius 3 is 2.28 bits per heavy atom. The van der Waals surface area contributed by atoms with Gasteiger partial charge in [-0.25, -0.2) is 4.68 Å². The molecule has 0 saturated carbocycles. The van der Waals surface area contributed by atoms with Gasteiger partial charge in [-0.2, -0.15) is 5.10 Å². The molecule has 0 spiro atoms. The molecule has 0 atom stereocenters. The first-order chi connectivity index (χ1) is 15.4. The number of carbonyl (C=O) groups excluding carboxylic acids is 2. The molecule has 1 fully saturated rings. The Kier molecular flexibility index (Phi) is 7.15. The number of piperazine rings is 1. The van der Waals surface area contributed by atoms with Gasteiger partial charge in [0.1, 0.15) is 0 Å². The highest BCUT2D eigenvalue weighted by atomic mass is 79.9. The van der Waals surface area contributed by atoms with Crippen LogP contribution in [-0.4, -0.2) is 64.1 Å². The summed E-state index contributed by atoms with van der Waals surface area (Å²) in [6, 6.07) is 14.3. The van der Waals surface area contributed by atoms with Gasteiger partial charge >= 0.3 is 0 Å². The van der Waals surface area contributed by atoms with Gasteiger partial charge in [0.15, 0.2) is 5.82 Å². The molecule has 1 aromatic heterocycles. The maximum atomic E-state index is 12.7. The van der Waals surface area contributed by atoms with Crippen LogP contribution in [-0.2, 0) is 4.79 Å². The standard InChI is InChI=1S/C22H20BrCl2N5O2/c23-16-1-3-19(4-2-16)30-6-5-20(27-30)26-21(31)14-28-7-9-29(10-8-28)22(32)15-11-17(24)13-18(25)12-15/h1-6,11-13H,7-10,14H2,(H,26,27,31). The molecule has 1 saturated heterocycles. The third-order valence-corrected chi connectivity index (χ3v) is 6.05. The highest BCUT2D eigenvalue weighted by molar-refractivity contribution is 9.10. The summed E-state index contributed by atoms with van der Waals surface area (Å²) >= 11 is 15.4. The first-order valence-electron chi connectivity index (χ1n) is 9.96. The van der Waals surface area contributed by atoms with E-state index in [0.29, 0.717) is 47.6 Å². The molecule has 32 heavy (non-hydrogen) atoms. The van der Waals surface area contributed by atoms with E-state index in [-0.39, 0.29) is 18.4 Å². The topological polar surface area (TPSA) is 70.5 Å². The first kappa shape index (κ1) is 22.8. The van der Waals surface area contributed by atoms with Gasteiger partial charge in [-0.05, 0) is 42.5 Å². The normalized spacial score (nSPS) is 14.4. The van der Waals surface area contributed by atoms with Crippen LogP contribution in [0.3, 0.4) is 0 Å². The Bertz CT molecular complexity index is 1110. The second-order valence-electron chi connectivity index (χ2n) is 7.40. The molecule has 166 valence electrons. The lowest BCUT2D eigenvalue weighted by atomic mass is 10.2. The van der Waals surface area contributed by atoms with Gasteiger partial charge in [-0.1, -0.05) is 39.1 Å². The Morgan fingerprint density at radius 2 is 1.62 bits per heavy atom. The molecule has 3 aromatic rings. The number of rotatable bonds is 5. The summed E-state index contributed by atoms with van der Waals surface area (Å²) in [7, 11) is 0. The van der Waals surface area contributed by atoms with Gasteiger partial charge in [0, 0.05) is 58.5 Å². The quantitative estimate of drug-likeness (QED) is 0.526. The van der Waals surface area contributed by atoms with Crippen molar-refractivity contribution in [3.63, 3.8) is 0 Å². The van der Waals surface area contributed by atoms with Crippen molar-refractivity contribution in [3.8, 4) is 5.69 Å². The number of benzene rings is 2. The number of halogens is 3. The predicted octanol–water partition coefficient (Wildman–Crippen LogP) is 4.34. The van der Waals surface area contributed by atoms with E-state index >= 15 is 0 Å². The van der Waals surface area contributed by atoms with Crippen LogP contribution in [0.25, 0.3) is 5.69 Å². The highest BCUT2D eigenvalue weighted by Gasteiger charge is 2.24. The minimum Gasteiger partial charge on any atom is -0.336 e. The highest BCUT2D eigenvalue weighted by Crippen LogP contribution is 2.21. The summed E-state index contributed by atoms with van der Waals surface area (Å²) in [5, 5.41) is 8.09. The van der Waals surface area contributed by atoms with Gasteiger partial charge in [0.05, 0.1) is 12.2 Å². The Balaban J connectivity index is 1.27. The number of aromatic nitrogens is 2. The molecule has 4 rings (SSSR count). The first-order valence-corrected chi connectivity index (χ1v) is 11.5. The van der Waals surface area contributed by atoms with Gasteiger partial charge in [0.2, 0.25) is 5.91 Å². The molecule has 7 nitrogen and oxygen atoms in total. The fourth-order valence-corrected chi connectivity index (χ4v) is 4.27. The van der Waals surface area contributed by atoms with E-state index in [2.05, 4.69) is 26.3 Å². The maximum Gasteiger partial charge on any atom is 0.254 e. The summed E-state index contributed by atoms with van der Waals surface area (Å²) in [4.78, 5) is 28.9. The monoisotopic (exact) mass is 535 g/mol. The summed E-state index contributed by atoms with van der Waals surface area (Å²) < 4.78 is 2.69. The van der Waals surface area contributed by atoms with Crippen molar-refractivity contribution in [2.45, 2.75) is 0 Å². The number of hydrogen-bond acceptors (Lipinski definition) is 4. The van der Waals surface area contributed by atoms with Crippen molar-refractivity contribution in [3.05, 3.63) is 74.8 Å². The molecule has 1 aliphatic heterocycles. The van der Waals surface area contributed by atoms with Crippen LogP contribution in [0.15, 0.2) is 59.2 Å². The molecule has 0 aliphatic carbocycles. The number of nitrogens with one attached hydrogen (secondary N) is 1. The molecular formula is C22H20BrCl2N5O2. The van der Waals surface area contributed by atoms with E-state index in [1.807, 2.05) is 29.2 Å². The molecule has 1 N–H and O–H groups in total. The van der Waals surface area contributed by atoms with Crippen molar-refractivity contribution >= 4 is 56.8 Å². The van der Waals surface area contributed by atoms with E-state index in [9.17, 15) is 9.59 Å². The molecule has 0 unspecified atom stereocenters. The molecule has 2 aromatic carbocycles. The summed E-state index contributed by atoms with van der Waals surface area (Å²) in [6.07, 6.45) is 1.80. The van der Waals surface area contributed by atoms with Gasteiger partial charge in [-0.3, -0.25) is 14.5 Å². The maximum absolute atomic E-state index is 12.7. The van der Waals surface area contributed by atoms with Crippen LogP contribution in [0.2, 0.25) is 10.0 Å². The van der Waals surface area contributed by atoms with Crippen molar-refractivity contribution < 1.29 is 9.59 Å². The zero-order chi connectivity index (χ0) is 22.7. The lowest BCUT2D eigenvalue weighted by Gasteiger charge is -2.34. The molecule has 0 radical (unpaired) electrons. The third-order valence-electron chi connectivity index (χ3n) is 5.08. The van der Waals surface area contributed by atoms with Crippen LogP contribution in [0.4, 0.5) is 5.82 Å². The zero-order valence-corrected chi connectivity index (χ0v) is 20.1. The van der Waals surface area contributed by atoms with Crippen molar-refractivity contribution in [2.24, 2.45) is 0 Å². The summed E-state index contributed by atoms with van der Waals surface area (Å²) in [5.41, 5.74) is 1.37. The van der Waals surface area contributed by atoms with Crippen LogP contribution >= 0.6 is 39.1 Å². The van der Waals surface area contributed by atoms with E-state index < -0.39 is 0 Å². The minimum atomic E-state index is -0.146. The average Bonchev–Trinajstić information content (AvgIpc) is 3.22. The second-order valence-corrected chi connectivity index (χ2v) is 9.19. The van der Waals surface area contributed by atoms with Gasteiger partial charge < -0.3 is 10.2 Å². The largest absolute Gasteiger partial charge is 0.336 e. The number of nitrogens with zero attached hydrogens (tertiary/aromatic N) is 4. The minimum absolute atomic E-state index is 0.114. The van der Waals surface area contributed by atoms with Crippen LogP contribution < -0.4 is 5.32 Å². The smallest absolute Gasteiger partial charge is 0.254 e. The zero-order valence-electron chi connectivity index (χ0n) is 17.0. The molecule has 2 amide bonds. The van der Waals surface area contributed by atoms with Crippen LogP contribution in [0, 0.1) is 0 Å². The molecule has 10 heteroatoms. The van der Waals surface area contributed by atoms with Gasteiger partial charge in [-0.15, -0.1) is 0 Å². The predicted molar refractivity (Wildman–Crippen MR) is 129 cm³/mol. The Morgan fingerprint density at radius 1 is 0.969 bits per heavy atom. The van der Waals surface area contributed by atoms with Crippen molar-refractivity contribution in [2.75, 3.05) is 38.0 Å². The number of carbonyl (C=O) groups is 2. The van der Waals surface area contributed by atoms with E-state index in [1.54, 1.807) is 40.0 Å². The molecular weight excluding hydrogens is 517 g/mol. The third kappa shape index (κ3) is 5.69. The van der Waals surface area contributed by atoms with E-state index in [1.165, 1.54) is 0 Å². The SMILES string of the molecule is O=C(CN1CCN(C(=O)c2cc(Cl)cc(Cl)c2)CC1)Nc1ccn(-c2ccc(Br)cc2)n1. The van der Waals surface area contributed by atoms with E-state index in [0.717, 1.165) is 10.2 Å². The molecule has 1 aliphatic rings. The molecule has 0 bridgehead atoms. The fourth-order valence-electron chi connectivity index (χ4n) is 3.48. The van der Waals surface area contributed by atoms with Crippen molar-refractivity contribution in [1.29, 1.82) is 0 Å². The number of hydrogen-bond donors (Lipinski definition) is 1. The van der Waals surface area contributed by atoms with Gasteiger partial charge in [0.25, 0.3) is 5.91 Å². The number of anilines is 1. The second kappa shape index (κ2) is 10.0. The van der Waals surface area contributed by atoms with E-state index in [4.69, 9.17) is 23.2 Å². The lowest BCUT2D eigenvalue weighted by Crippen LogP contribution is -2.50. The molecule has 2 heterocycles. The fraction of sp³-hybridized carbons (Fsp3) is 0.227. The van der Waals surface area contributed by atoms with Crippen LogP contribution in [0.5, 0.6) is 0 Å². The summed E-state index contributed by atoms with van der Waals surface area (Å²) in [5.74, 6) is 0.231. The summed E-state index contributed by atoms with van der Waals surface area (Å²) in [6.45, 7) is 2.47. The Hall–Kier alpha value is -2.39. The van der Waals surface area contributed by atoms with Crippen LogP contribution in [0.1, 0.15) is 10.4 Å². The van der Waals surface area contributed by atoms with Crippen molar-refractivity contribution in [1.82, 2.24) is 19.6 Å².